The van der Waals surface area contributed by atoms with Crippen LogP contribution in [0.5, 0.6) is 11.5 Å². The number of amides is 7. The highest BCUT2D eigenvalue weighted by Gasteiger charge is 2.45. The quantitative estimate of drug-likeness (QED) is 0.152. The molecule has 90 heavy (non-hydrogen) atoms. The molecule has 7 amide bonds. The molecule has 2 N–H and O–H groups in total. The van der Waals surface area contributed by atoms with Gasteiger partial charge in [-0.2, -0.15) is 0 Å². The van der Waals surface area contributed by atoms with E-state index in [1.54, 1.807) is 50.5 Å². The molecule has 21 nitrogen and oxygen atoms in total. The van der Waals surface area contributed by atoms with E-state index < -0.39 is 107 Å². The number of carbonyl (C=O) groups excluding carboxylic acids is 10. The summed E-state index contributed by atoms with van der Waals surface area (Å²) in [7, 11) is 7.74. The number of methoxy groups -OCH3 is 2. The molecular formula is C69H89N7O14. The molecule has 3 aromatic carbocycles. The van der Waals surface area contributed by atoms with Gasteiger partial charge in [-0.25, -0.2) is 9.59 Å². The van der Waals surface area contributed by atoms with Crippen molar-refractivity contribution in [2.75, 3.05) is 66.9 Å². The number of ether oxygens (including phenoxy) is 4. The predicted molar refractivity (Wildman–Crippen MR) is 337 cm³/mol. The summed E-state index contributed by atoms with van der Waals surface area (Å²) in [6.07, 6.45) is 12.2. The first-order valence-electron chi connectivity index (χ1n) is 31.3. The Morgan fingerprint density at radius 1 is 0.678 bits per heavy atom. The molecule has 2 unspecified atom stereocenters. The summed E-state index contributed by atoms with van der Waals surface area (Å²) in [5.41, 5.74) is 0.917. The van der Waals surface area contributed by atoms with Crippen molar-refractivity contribution in [3.8, 4) is 11.5 Å². The van der Waals surface area contributed by atoms with Gasteiger partial charge in [0.2, 0.25) is 41.2 Å². The summed E-state index contributed by atoms with van der Waals surface area (Å²) in [6.45, 7) is 6.85. The highest BCUT2D eigenvalue weighted by Crippen LogP contribution is 2.34. The fraction of sp³-hybridized carbons (Fsp3) is 0.507. The van der Waals surface area contributed by atoms with Crippen molar-refractivity contribution in [2.45, 2.75) is 147 Å². The number of rotatable bonds is 10. The van der Waals surface area contributed by atoms with Gasteiger partial charge in [0.15, 0.2) is 11.5 Å². The molecule has 484 valence electrons. The number of aryl methyl sites for hydroxylation is 1. The second-order valence-corrected chi connectivity index (χ2v) is 24.8. The molecule has 0 aromatic heterocycles. The molecular weight excluding hydrogens is 1150 g/mol. The van der Waals surface area contributed by atoms with Crippen LogP contribution in [0.3, 0.4) is 0 Å². The number of ketones is 1. The average molecular weight is 1240 g/mol. The molecule has 2 bridgehead atoms. The Balaban J connectivity index is 1.20. The number of benzene rings is 3. The zero-order valence-electron chi connectivity index (χ0n) is 53.5. The second-order valence-electron chi connectivity index (χ2n) is 24.8. The number of piperidine rings is 1. The lowest BCUT2D eigenvalue weighted by atomic mass is 9.87. The monoisotopic (exact) mass is 1240 g/mol. The number of hydrogen-bond acceptors (Lipinski definition) is 14. The van der Waals surface area contributed by atoms with Gasteiger partial charge in [-0.05, 0) is 125 Å². The van der Waals surface area contributed by atoms with E-state index in [0.717, 1.165) is 11.1 Å². The SMILES string of the molecule is COc1ccc(CC[C@H]2OC(=O)C3CCCCN3C(=O)C(=O)C(C)(C)COC(=O)/C=C/CCN(C)C(=O)[C@H](CC(C)C)N(C)C(=O)[C@H]3CCCN3C(=O)[C@H](Cc3ccccc3)N(C)C(=O)[C@H](C3C=CC=CC3)NC(=O)CCC(=O)Nc3cccc2c3)cc1OC. The molecule has 3 heterocycles. The van der Waals surface area contributed by atoms with Crippen molar-refractivity contribution >= 4 is 64.8 Å². The Bertz CT molecular complexity index is 3180. The number of hydrogen-bond donors (Lipinski definition) is 2. The molecule has 2 saturated heterocycles. The standard InChI is InChI=1S/C69H89N7O14/c1-45(2)40-53-63(81)72(5)37-18-17-30-60(79)89-44-69(3,4)62(80)67(85)76-38-19-16-28-52(76)68(86)90-55(33-31-47-32-34-56(87-8)57(42-47)88-9)49-26-20-27-50(43-49)70-58(77)35-36-59(78)71-61(48-24-14-11-15-25-48)66(84)74(7)54(41-46-22-12-10-13-23-46)65(83)75-39-21-29-51(75)64(82)73(53)6/h10-15,17,20,22-24,26-27,30,32,34,42-43,45,48,51-55,61H,16,18-19,21,25,28-29,31,33,35-41,44H2,1-9H3,(H,70,77)(H,71,78)/b30-17+/t48?,51-,52?,53+,54+,55-,61+/m1/s1. The minimum atomic E-state index is -1.50. The second kappa shape index (κ2) is 32.2. The topological polar surface area (TPSA) is 248 Å². The summed E-state index contributed by atoms with van der Waals surface area (Å²) >= 11 is 0. The van der Waals surface area contributed by atoms with Crippen molar-refractivity contribution < 1.29 is 66.9 Å². The molecule has 3 aromatic rings. The van der Waals surface area contributed by atoms with Gasteiger partial charge in [0.05, 0.1) is 19.6 Å². The summed E-state index contributed by atoms with van der Waals surface area (Å²) in [6, 6.07) is 16.1. The summed E-state index contributed by atoms with van der Waals surface area (Å²) in [5.74, 6) is -5.76. The van der Waals surface area contributed by atoms with Crippen LogP contribution in [0.1, 0.15) is 121 Å². The Morgan fingerprint density at radius 3 is 2.10 bits per heavy atom. The first-order valence-corrected chi connectivity index (χ1v) is 31.3. The van der Waals surface area contributed by atoms with Gasteiger partial charge in [0.25, 0.3) is 5.91 Å². The van der Waals surface area contributed by atoms with Crippen molar-refractivity contribution in [3.63, 3.8) is 0 Å². The molecule has 0 saturated carbocycles. The molecule has 0 spiro atoms. The maximum atomic E-state index is 15.2. The Kier molecular flexibility index (Phi) is 24.7. The van der Waals surface area contributed by atoms with Crippen LogP contribution in [-0.4, -0.2) is 175 Å². The third kappa shape index (κ3) is 18.0. The Morgan fingerprint density at radius 2 is 1.39 bits per heavy atom. The van der Waals surface area contributed by atoms with Crippen LogP contribution in [0.15, 0.2) is 109 Å². The zero-order valence-corrected chi connectivity index (χ0v) is 53.5. The number of allylic oxidation sites excluding steroid dienone is 3. The van der Waals surface area contributed by atoms with Crippen LogP contribution < -0.4 is 20.1 Å². The highest BCUT2D eigenvalue weighted by atomic mass is 16.5. The van der Waals surface area contributed by atoms with Crippen molar-refractivity contribution in [3.05, 3.63) is 126 Å². The Labute approximate surface area is 528 Å². The molecule has 1 aliphatic carbocycles. The van der Waals surface area contributed by atoms with Gasteiger partial charge in [0.1, 0.15) is 42.9 Å². The number of cyclic esters (lactones) is 2. The van der Waals surface area contributed by atoms with E-state index in [1.165, 1.54) is 71.8 Å². The van der Waals surface area contributed by atoms with E-state index >= 15 is 9.59 Å². The summed E-state index contributed by atoms with van der Waals surface area (Å²) in [4.78, 5) is 150. The van der Waals surface area contributed by atoms with Crippen LogP contribution >= 0.6 is 0 Å². The number of nitrogens with zero attached hydrogens (tertiary/aromatic N) is 5. The third-order valence-electron chi connectivity index (χ3n) is 17.2. The fourth-order valence-electron chi connectivity index (χ4n) is 11.9. The van der Waals surface area contributed by atoms with E-state index in [-0.39, 0.29) is 70.0 Å². The summed E-state index contributed by atoms with van der Waals surface area (Å²) < 4.78 is 22.9. The zero-order chi connectivity index (χ0) is 65.2. The van der Waals surface area contributed by atoms with E-state index in [0.29, 0.717) is 67.7 Å². The van der Waals surface area contributed by atoms with Gasteiger partial charge in [0, 0.05) is 77.7 Å². The predicted octanol–water partition coefficient (Wildman–Crippen LogP) is 7.13. The third-order valence-corrected chi connectivity index (χ3v) is 17.2. The molecule has 21 heteroatoms. The normalized spacial score (nSPS) is 24.9. The van der Waals surface area contributed by atoms with E-state index in [1.807, 2.05) is 74.5 Å². The minimum absolute atomic E-state index is 0.0220. The smallest absolute Gasteiger partial charge is 0.330 e. The summed E-state index contributed by atoms with van der Waals surface area (Å²) in [5, 5.41) is 5.78. The van der Waals surface area contributed by atoms with Crippen molar-refractivity contribution in [1.29, 1.82) is 0 Å². The maximum Gasteiger partial charge on any atom is 0.330 e. The number of esters is 2. The number of Topliss-reactive ketones (excluding diaryl/α,β-unsaturated/α-hetero) is 1. The minimum Gasteiger partial charge on any atom is -0.493 e. The van der Waals surface area contributed by atoms with Crippen LogP contribution in [0.4, 0.5) is 5.69 Å². The first kappa shape index (κ1) is 68.9. The number of carbonyl (C=O) groups is 10. The largest absolute Gasteiger partial charge is 0.493 e. The maximum absolute atomic E-state index is 15.2. The molecule has 7 atom stereocenters. The number of likely N-dealkylation sites (N-methyl/N-ethyl adjacent to an activating group) is 3. The van der Waals surface area contributed by atoms with E-state index in [9.17, 15) is 38.4 Å². The van der Waals surface area contributed by atoms with E-state index in [2.05, 4.69) is 10.6 Å². The van der Waals surface area contributed by atoms with Gasteiger partial charge in [-0.3, -0.25) is 38.4 Å². The lowest BCUT2D eigenvalue weighted by Gasteiger charge is -2.38. The van der Waals surface area contributed by atoms with Gasteiger partial charge in [-0.15, -0.1) is 0 Å². The molecule has 7 rings (SSSR count). The number of anilines is 1. The van der Waals surface area contributed by atoms with Crippen LogP contribution in [0.25, 0.3) is 0 Å². The average Bonchev–Trinajstić information content (AvgIpc) is 1.52. The number of fused-ring (bicyclic) bond motifs is 4. The van der Waals surface area contributed by atoms with Crippen molar-refractivity contribution in [1.82, 2.24) is 29.8 Å². The fourth-order valence-corrected chi connectivity index (χ4v) is 11.9. The van der Waals surface area contributed by atoms with Crippen LogP contribution in [0, 0.1) is 17.3 Å². The number of nitrogens with one attached hydrogen (secondary N) is 2. The van der Waals surface area contributed by atoms with E-state index in [4.69, 9.17) is 18.9 Å². The first-order chi connectivity index (χ1) is 43.0. The lowest BCUT2D eigenvalue weighted by Crippen LogP contribution is -2.59. The van der Waals surface area contributed by atoms with Crippen molar-refractivity contribution in [2.24, 2.45) is 17.3 Å². The van der Waals surface area contributed by atoms with Crippen LogP contribution in [0.2, 0.25) is 0 Å². The van der Waals surface area contributed by atoms with Gasteiger partial charge < -0.3 is 54.1 Å². The molecule has 2 fully saturated rings. The highest BCUT2D eigenvalue weighted by molar-refractivity contribution is 6.38. The molecule has 0 radical (unpaired) electrons. The van der Waals surface area contributed by atoms with Gasteiger partial charge >= 0.3 is 11.9 Å². The van der Waals surface area contributed by atoms with Gasteiger partial charge in [-0.1, -0.05) is 92.8 Å². The Hall–Kier alpha value is -8.62. The lowest BCUT2D eigenvalue weighted by molar-refractivity contribution is -0.165. The molecule has 4 aliphatic rings. The molecule has 3 aliphatic heterocycles. The van der Waals surface area contributed by atoms with Crippen LogP contribution in [-0.2, 0) is 70.3 Å².